The fourth-order valence-corrected chi connectivity index (χ4v) is 6.16. The van der Waals surface area contributed by atoms with Gasteiger partial charge in [0, 0.05) is 5.54 Å². The van der Waals surface area contributed by atoms with Gasteiger partial charge in [0.05, 0.1) is 6.10 Å². The summed E-state index contributed by atoms with van der Waals surface area (Å²) in [6, 6.07) is 10.2. The van der Waals surface area contributed by atoms with Crippen LogP contribution in [0, 0.1) is 23.7 Å². The quantitative estimate of drug-likeness (QED) is 0.864. The smallest absolute Gasteiger partial charge is 0.0807 e. The van der Waals surface area contributed by atoms with Crippen LogP contribution in [0.25, 0.3) is 0 Å². The number of benzene rings is 1. The van der Waals surface area contributed by atoms with E-state index in [9.17, 15) is 5.11 Å². The van der Waals surface area contributed by atoms with Crippen molar-refractivity contribution in [2.24, 2.45) is 23.7 Å². The zero-order valence-corrected chi connectivity index (χ0v) is 13.7. The lowest BCUT2D eigenvalue weighted by atomic mass is 9.47. The molecule has 0 amide bonds. The molecular weight excluding hydrogens is 270 g/mol. The molecule has 0 heterocycles. The normalized spacial score (nSPS) is 40.8. The molecule has 22 heavy (non-hydrogen) atoms. The Hall–Kier alpha value is -0.860. The highest BCUT2D eigenvalue weighted by atomic mass is 16.3. The van der Waals surface area contributed by atoms with Crippen LogP contribution < -0.4 is 5.32 Å². The zero-order valence-electron chi connectivity index (χ0n) is 13.7. The molecule has 1 unspecified atom stereocenters. The van der Waals surface area contributed by atoms with Crippen LogP contribution in [-0.4, -0.2) is 17.2 Å². The van der Waals surface area contributed by atoms with Gasteiger partial charge in [-0.15, -0.1) is 0 Å². The van der Waals surface area contributed by atoms with Gasteiger partial charge in [-0.3, -0.25) is 0 Å². The minimum Gasteiger partial charge on any atom is -0.388 e. The molecule has 0 saturated heterocycles. The van der Waals surface area contributed by atoms with Crippen molar-refractivity contribution >= 4 is 0 Å². The van der Waals surface area contributed by atoms with E-state index in [1.165, 1.54) is 32.1 Å². The Morgan fingerprint density at radius 3 is 2.18 bits per heavy atom. The van der Waals surface area contributed by atoms with Crippen molar-refractivity contribution < 1.29 is 5.11 Å². The van der Waals surface area contributed by atoms with Crippen molar-refractivity contribution in [2.75, 3.05) is 6.54 Å². The van der Waals surface area contributed by atoms with Crippen LogP contribution in [-0.2, 0) is 0 Å². The second kappa shape index (κ2) is 5.65. The fourth-order valence-electron chi connectivity index (χ4n) is 6.16. The molecule has 4 aliphatic rings. The fraction of sp³-hybridized carbons (Fsp3) is 0.700. The Kier molecular flexibility index (Phi) is 3.78. The summed E-state index contributed by atoms with van der Waals surface area (Å²) >= 11 is 0. The molecule has 4 aliphatic carbocycles. The van der Waals surface area contributed by atoms with Crippen molar-refractivity contribution in [3.05, 3.63) is 35.9 Å². The SMILES string of the molecule is CCNC1(CC(O)c2ccccc2)C2CC3CC(C2)CC1C3. The summed E-state index contributed by atoms with van der Waals surface area (Å²) in [6.45, 7) is 3.24. The van der Waals surface area contributed by atoms with Crippen molar-refractivity contribution in [2.45, 2.75) is 57.1 Å². The van der Waals surface area contributed by atoms with Gasteiger partial charge in [0.15, 0.2) is 0 Å². The standard InChI is InChI=1S/C20H29NO/c1-2-21-20(13-19(22)16-6-4-3-5-7-16)17-9-14-8-15(11-17)12-18(20)10-14/h3-7,14-15,17-19,21-22H,2,8-13H2,1H3. The molecule has 0 aromatic heterocycles. The largest absolute Gasteiger partial charge is 0.388 e. The van der Waals surface area contributed by atoms with Gasteiger partial charge in [-0.05, 0) is 74.3 Å². The molecule has 0 radical (unpaired) electrons. The second-order valence-electron chi connectivity index (χ2n) is 8.01. The number of hydrogen-bond donors (Lipinski definition) is 2. The number of aliphatic hydroxyl groups is 1. The van der Waals surface area contributed by atoms with Crippen molar-refractivity contribution in [1.82, 2.24) is 5.32 Å². The monoisotopic (exact) mass is 299 g/mol. The third-order valence-corrected chi connectivity index (χ3v) is 6.82. The van der Waals surface area contributed by atoms with Crippen molar-refractivity contribution in [3.63, 3.8) is 0 Å². The average molecular weight is 299 g/mol. The minimum absolute atomic E-state index is 0.178. The van der Waals surface area contributed by atoms with Gasteiger partial charge in [0.2, 0.25) is 0 Å². The molecule has 1 atom stereocenters. The Morgan fingerprint density at radius 1 is 1.05 bits per heavy atom. The first-order valence-corrected chi connectivity index (χ1v) is 9.19. The topological polar surface area (TPSA) is 32.3 Å². The summed E-state index contributed by atoms with van der Waals surface area (Å²) in [5.74, 6) is 3.51. The Balaban J connectivity index is 1.60. The number of rotatable bonds is 5. The number of nitrogens with one attached hydrogen (secondary N) is 1. The van der Waals surface area contributed by atoms with Gasteiger partial charge in [-0.1, -0.05) is 37.3 Å². The summed E-state index contributed by atoms with van der Waals surface area (Å²) in [7, 11) is 0. The van der Waals surface area contributed by atoms with E-state index in [0.29, 0.717) is 0 Å². The summed E-state index contributed by atoms with van der Waals surface area (Å²) < 4.78 is 0. The van der Waals surface area contributed by atoms with E-state index >= 15 is 0 Å². The Bertz CT molecular complexity index is 484. The highest BCUT2D eigenvalue weighted by Crippen LogP contribution is 2.60. The maximum Gasteiger partial charge on any atom is 0.0807 e. The van der Waals surface area contributed by atoms with E-state index in [4.69, 9.17) is 0 Å². The molecule has 4 bridgehead atoms. The molecule has 1 aromatic rings. The van der Waals surface area contributed by atoms with Gasteiger partial charge in [0.1, 0.15) is 0 Å². The van der Waals surface area contributed by atoms with Crippen LogP contribution in [0.3, 0.4) is 0 Å². The van der Waals surface area contributed by atoms with Gasteiger partial charge in [0.25, 0.3) is 0 Å². The molecular formula is C20H29NO. The number of hydrogen-bond acceptors (Lipinski definition) is 2. The lowest BCUT2D eigenvalue weighted by molar-refractivity contribution is -0.0916. The molecule has 2 N–H and O–H groups in total. The van der Waals surface area contributed by atoms with Crippen LogP contribution in [0.2, 0.25) is 0 Å². The van der Waals surface area contributed by atoms with E-state index < -0.39 is 0 Å². The van der Waals surface area contributed by atoms with Gasteiger partial charge in [-0.2, -0.15) is 0 Å². The van der Waals surface area contributed by atoms with Crippen LogP contribution >= 0.6 is 0 Å². The lowest BCUT2D eigenvalue weighted by Crippen LogP contribution is -2.65. The van der Waals surface area contributed by atoms with E-state index in [-0.39, 0.29) is 11.6 Å². The molecule has 4 fully saturated rings. The first-order chi connectivity index (χ1) is 10.7. The van der Waals surface area contributed by atoms with E-state index in [1.54, 1.807) is 0 Å². The van der Waals surface area contributed by atoms with Crippen LogP contribution in [0.5, 0.6) is 0 Å². The number of aliphatic hydroxyl groups excluding tert-OH is 1. The predicted octanol–water partition coefficient (Wildman–Crippen LogP) is 3.91. The summed E-state index contributed by atoms with van der Waals surface area (Å²) in [5.41, 5.74) is 1.26. The average Bonchev–Trinajstić information content (AvgIpc) is 2.52. The maximum absolute atomic E-state index is 10.9. The van der Waals surface area contributed by atoms with Crippen molar-refractivity contribution in [3.8, 4) is 0 Å². The molecule has 5 rings (SSSR count). The Labute approximate surface area is 134 Å². The van der Waals surface area contributed by atoms with E-state index in [0.717, 1.165) is 42.2 Å². The highest BCUT2D eigenvalue weighted by molar-refractivity contribution is 5.20. The first-order valence-electron chi connectivity index (χ1n) is 9.19. The molecule has 2 heteroatoms. The summed E-state index contributed by atoms with van der Waals surface area (Å²) in [5, 5.41) is 14.7. The molecule has 0 aliphatic heterocycles. The summed E-state index contributed by atoms with van der Waals surface area (Å²) in [6.07, 6.45) is 7.60. The van der Waals surface area contributed by atoms with Gasteiger partial charge < -0.3 is 10.4 Å². The highest BCUT2D eigenvalue weighted by Gasteiger charge is 2.57. The molecule has 120 valence electrons. The van der Waals surface area contributed by atoms with Gasteiger partial charge >= 0.3 is 0 Å². The van der Waals surface area contributed by atoms with E-state index in [2.05, 4.69) is 24.4 Å². The maximum atomic E-state index is 10.9. The third-order valence-electron chi connectivity index (χ3n) is 6.82. The molecule has 1 aromatic carbocycles. The lowest BCUT2D eigenvalue weighted by Gasteiger charge is -2.62. The summed E-state index contributed by atoms with van der Waals surface area (Å²) in [4.78, 5) is 0. The Morgan fingerprint density at radius 2 is 1.64 bits per heavy atom. The van der Waals surface area contributed by atoms with Crippen LogP contribution in [0.1, 0.15) is 57.1 Å². The molecule has 0 spiro atoms. The van der Waals surface area contributed by atoms with E-state index in [1.807, 2.05) is 18.2 Å². The van der Waals surface area contributed by atoms with Crippen molar-refractivity contribution in [1.29, 1.82) is 0 Å². The van der Waals surface area contributed by atoms with Gasteiger partial charge in [-0.25, -0.2) is 0 Å². The molecule has 2 nitrogen and oxygen atoms in total. The zero-order chi connectivity index (χ0) is 15.2. The van der Waals surface area contributed by atoms with Crippen LogP contribution in [0.15, 0.2) is 30.3 Å². The van der Waals surface area contributed by atoms with Crippen LogP contribution in [0.4, 0.5) is 0 Å². The molecule has 4 saturated carbocycles. The third kappa shape index (κ3) is 2.32. The first kappa shape index (κ1) is 14.7. The predicted molar refractivity (Wildman–Crippen MR) is 89.5 cm³/mol. The second-order valence-corrected chi connectivity index (χ2v) is 8.01. The minimum atomic E-state index is -0.335.